The van der Waals surface area contributed by atoms with Crippen molar-refractivity contribution < 1.29 is 19.4 Å². The van der Waals surface area contributed by atoms with Gasteiger partial charge in [-0.05, 0) is 57.8 Å². The van der Waals surface area contributed by atoms with Gasteiger partial charge in [-0.3, -0.25) is 9.59 Å². The van der Waals surface area contributed by atoms with Gasteiger partial charge in [0.2, 0.25) is 0 Å². The van der Waals surface area contributed by atoms with Gasteiger partial charge in [0.15, 0.2) is 0 Å². The van der Waals surface area contributed by atoms with Crippen LogP contribution in [-0.4, -0.2) is 23.1 Å². The average molecular weight is 649 g/mol. The van der Waals surface area contributed by atoms with Crippen molar-refractivity contribution >= 4 is 11.9 Å². The third-order valence-corrected chi connectivity index (χ3v) is 9.47. The summed E-state index contributed by atoms with van der Waals surface area (Å²) in [5.41, 5.74) is 0. The third-order valence-electron chi connectivity index (χ3n) is 9.47. The minimum absolute atomic E-state index is 0.0229. The van der Waals surface area contributed by atoms with Crippen molar-refractivity contribution in [2.45, 2.75) is 245 Å². The van der Waals surface area contributed by atoms with Crippen LogP contribution in [-0.2, 0) is 14.3 Å². The number of hydrogen-bond donors (Lipinski definition) is 1. The summed E-state index contributed by atoms with van der Waals surface area (Å²) >= 11 is 0. The second-order valence-corrected chi connectivity index (χ2v) is 14.2. The third kappa shape index (κ3) is 37.1. The monoisotopic (exact) mass is 649 g/mol. The molecule has 0 fully saturated rings. The predicted molar refractivity (Wildman–Crippen MR) is 200 cm³/mol. The van der Waals surface area contributed by atoms with Gasteiger partial charge in [0.25, 0.3) is 0 Å². The van der Waals surface area contributed by atoms with Crippen molar-refractivity contribution in [2.24, 2.45) is 0 Å². The van der Waals surface area contributed by atoms with Crippen LogP contribution in [0.3, 0.4) is 0 Å². The second-order valence-electron chi connectivity index (χ2n) is 14.2. The molecule has 0 aliphatic heterocycles. The molecule has 0 aliphatic rings. The van der Waals surface area contributed by atoms with Crippen LogP contribution >= 0.6 is 0 Å². The zero-order chi connectivity index (χ0) is 33.6. The molecule has 0 radical (unpaired) electrons. The predicted octanol–water partition coefficient (Wildman–Crippen LogP) is 14.2. The Balaban J connectivity index is 3.48. The quantitative estimate of drug-likeness (QED) is 0.0411. The van der Waals surface area contributed by atoms with Crippen molar-refractivity contribution in [1.82, 2.24) is 0 Å². The Labute approximate surface area is 287 Å². The molecular weight excluding hydrogens is 568 g/mol. The largest absolute Gasteiger partial charge is 0.481 e. The minimum Gasteiger partial charge on any atom is -0.481 e. The number of unbranched alkanes of at least 4 members (excludes halogenated alkanes) is 27. The summed E-state index contributed by atoms with van der Waals surface area (Å²) in [6.07, 6.45) is 47.4. The lowest BCUT2D eigenvalue weighted by atomic mass is 10.0. The topological polar surface area (TPSA) is 63.6 Å². The molecule has 46 heavy (non-hydrogen) atoms. The Bertz CT molecular complexity index is 658. The summed E-state index contributed by atoms with van der Waals surface area (Å²) < 4.78 is 5.87. The summed E-state index contributed by atoms with van der Waals surface area (Å²) in [6.45, 7) is 4.47. The maximum Gasteiger partial charge on any atom is 0.306 e. The molecule has 0 rings (SSSR count). The molecule has 1 unspecified atom stereocenters. The van der Waals surface area contributed by atoms with Crippen molar-refractivity contribution in [1.29, 1.82) is 0 Å². The lowest BCUT2D eigenvalue weighted by molar-refractivity contribution is -0.150. The number of allylic oxidation sites excluding steroid dienone is 2. The zero-order valence-corrected chi connectivity index (χ0v) is 31.2. The summed E-state index contributed by atoms with van der Waals surface area (Å²) in [5, 5.41) is 8.67. The van der Waals surface area contributed by atoms with E-state index >= 15 is 0 Å². The van der Waals surface area contributed by atoms with Crippen LogP contribution in [0.4, 0.5) is 0 Å². The first-order valence-corrected chi connectivity index (χ1v) is 20.7. The van der Waals surface area contributed by atoms with Gasteiger partial charge >= 0.3 is 11.9 Å². The van der Waals surface area contributed by atoms with Gasteiger partial charge in [0.1, 0.15) is 6.10 Å². The molecule has 0 saturated heterocycles. The number of carbonyl (C=O) groups is 2. The molecule has 0 aromatic rings. The van der Waals surface area contributed by atoms with E-state index in [-0.39, 0.29) is 12.1 Å². The van der Waals surface area contributed by atoms with Gasteiger partial charge < -0.3 is 9.84 Å². The molecule has 4 nitrogen and oxygen atoms in total. The zero-order valence-electron chi connectivity index (χ0n) is 31.2. The van der Waals surface area contributed by atoms with Gasteiger partial charge in [0.05, 0.1) is 0 Å². The van der Waals surface area contributed by atoms with Crippen LogP contribution in [0.2, 0.25) is 0 Å². The van der Waals surface area contributed by atoms with Crippen LogP contribution < -0.4 is 0 Å². The highest BCUT2D eigenvalue weighted by molar-refractivity contribution is 5.69. The molecule has 0 saturated carbocycles. The summed E-state index contributed by atoms with van der Waals surface area (Å²) in [6, 6.07) is 0. The molecule has 0 aliphatic carbocycles. The van der Waals surface area contributed by atoms with E-state index in [0.29, 0.717) is 12.8 Å². The summed E-state index contributed by atoms with van der Waals surface area (Å²) in [4.78, 5) is 23.0. The Morgan fingerprint density at radius 2 is 0.826 bits per heavy atom. The smallest absolute Gasteiger partial charge is 0.306 e. The number of aliphatic carboxylic acids is 1. The van der Waals surface area contributed by atoms with Gasteiger partial charge in [-0.15, -0.1) is 0 Å². The Morgan fingerprint density at radius 3 is 1.24 bits per heavy atom. The number of carbonyl (C=O) groups excluding carboxylic acids is 1. The number of carboxylic acid groups (broad SMARTS) is 1. The molecule has 0 spiro atoms. The maximum absolute atomic E-state index is 12.4. The van der Waals surface area contributed by atoms with E-state index in [0.717, 1.165) is 51.4 Å². The standard InChI is InChI=1S/C42H80O4/c1-3-5-6-7-8-9-10-11-12-13-14-15-16-17-18-19-23-26-29-32-35-39-42(45)46-40(36-4-2)37-33-30-27-24-21-20-22-25-28-31-34-38-41(43)44/h11-12,40H,3-10,13-39H2,1-2H3,(H,43,44)/b12-11-. The van der Waals surface area contributed by atoms with Crippen LogP contribution in [0, 0.1) is 0 Å². The van der Waals surface area contributed by atoms with E-state index in [2.05, 4.69) is 26.0 Å². The fourth-order valence-corrected chi connectivity index (χ4v) is 6.47. The van der Waals surface area contributed by atoms with Crippen molar-refractivity contribution in [3.8, 4) is 0 Å². The Kier molecular flexibility index (Phi) is 37.0. The SMILES string of the molecule is CCCCCCCC/C=C\CCCCCCCCCCCCCC(=O)OC(CCC)CCCCCCCCCCCCCC(=O)O. The van der Waals surface area contributed by atoms with Crippen molar-refractivity contribution in [3.05, 3.63) is 12.2 Å². The molecular formula is C42H80O4. The molecule has 0 aromatic heterocycles. The summed E-state index contributed by atoms with van der Waals surface area (Å²) in [7, 11) is 0. The van der Waals surface area contributed by atoms with Crippen LogP contribution in [0.25, 0.3) is 0 Å². The molecule has 272 valence electrons. The average Bonchev–Trinajstić information content (AvgIpc) is 3.03. The van der Waals surface area contributed by atoms with E-state index in [9.17, 15) is 9.59 Å². The van der Waals surface area contributed by atoms with E-state index in [1.54, 1.807) is 0 Å². The minimum atomic E-state index is -0.672. The fourth-order valence-electron chi connectivity index (χ4n) is 6.47. The fraction of sp³-hybridized carbons (Fsp3) is 0.905. The van der Waals surface area contributed by atoms with Crippen molar-refractivity contribution in [3.63, 3.8) is 0 Å². The highest BCUT2D eigenvalue weighted by Gasteiger charge is 2.13. The molecule has 0 heterocycles. The van der Waals surface area contributed by atoms with E-state index in [4.69, 9.17) is 9.84 Å². The van der Waals surface area contributed by atoms with E-state index in [1.165, 1.54) is 161 Å². The molecule has 4 heteroatoms. The van der Waals surface area contributed by atoms with Gasteiger partial charge in [-0.1, -0.05) is 180 Å². The lowest BCUT2D eigenvalue weighted by Gasteiger charge is -2.17. The Hall–Kier alpha value is -1.32. The van der Waals surface area contributed by atoms with Gasteiger partial charge in [-0.2, -0.15) is 0 Å². The number of carboxylic acids is 1. The highest BCUT2D eigenvalue weighted by atomic mass is 16.5. The normalized spacial score (nSPS) is 12.2. The summed E-state index contributed by atoms with van der Waals surface area (Å²) in [5.74, 6) is -0.649. The number of esters is 1. The Morgan fingerprint density at radius 1 is 0.457 bits per heavy atom. The van der Waals surface area contributed by atoms with Gasteiger partial charge in [0, 0.05) is 12.8 Å². The molecule has 0 bridgehead atoms. The van der Waals surface area contributed by atoms with Crippen LogP contribution in [0.5, 0.6) is 0 Å². The first-order chi connectivity index (χ1) is 22.6. The van der Waals surface area contributed by atoms with Crippen molar-refractivity contribution in [2.75, 3.05) is 0 Å². The van der Waals surface area contributed by atoms with Crippen LogP contribution in [0.1, 0.15) is 239 Å². The van der Waals surface area contributed by atoms with E-state index < -0.39 is 5.97 Å². The second kappa shape index (κ2) is 38.1. The first kappa shape index (κ1) is 44.7. The number of rotatable bonds is 38. The lowest BCUT2D eigenvalue weighted by Crippen LogP contribution is -2.18. The first-order valence-electron chi connectivity index (χ1n) is 20.7. The molecule has 0 aromatic carbocycles. The number of hydrogen-bond acceptors (Lipinski definition) is 3. The van der Waals surface area contributed by atoms with Crippen LogP contribution in [0.15, 0.2) is 12.2 Å². The maximum atomic E-state index is 12.4. The van der Waals surface area contributed by atoms with E-state index in [1.807, 2.05) is 0 Å². The van der Waals surface area contributed by atoms with Gasteiger partial charge in [-0.25, -0.2) is 0 Å². The molecule has 1 atom stereocenters. The number of ether oxygens (including phenoxy) is 1. The molecule has 0 amide bonds. The highest BCUT2D eigenvalue weighted by Crippen LogP contribution is 2.18. The molecule has 1 N–H and O–H groups in total.